The summed E-state index contributed by atoms with van der Waals surface area (Å²) in [4.78, 5) is 2.21. The van der Waals surface area contributed by atoms with Gasteiger partial charge in [-0.2, -0.15) is 4.57 Å². The first-order chi connectivity index (χ1) is 18.0. The summed E-state index contributed by atoms with van der Waals surface area (Å²) in [6.45, 7) is 5.09. The van der Waals surface area contributed by atoms with E-state index in [1.165, 1.54) is 5.56 Å². The fourth-order valence-corrected chi connectivity index (χ4v) is 4.64. The quantitative estimate of drug-likeness (QED) is 0.229. The van der Waals surface area contributed by atoms with Gasteiger partial charge in [-0.05, 0) is 55.2 Å². The van der Waals surface area contributed by atoms with Crippen molar-refractivity contribution in [2.45, 2.75) is 32.7 Å². The molecule has 0 bridgehead atoms. The number of alkyl halides is 1. The lowest BCUT2D eigenvalue weighted by Gasteiger charge is -2.17. The Morgan fingerprint density at radius 3 is 2.55 bits per heavy atom. The van der Waals surface area contributed by atoms with Crippen LogP contribution in [0.1, 0.15) is 36.9 Å². The van der Waals surface area contributed by atoms with Crippen LogP contribution in [0.25, 0.3) is 17.0 Å². The number of anilines is 1. The third kappa shape index (κ3) is 8.39. The van der Waals surface area contributed by atoms with Gasteiger partial charge in [0.25, 0.3) is 0 Å². The van der Waals surface area contributed by atoms with Crippen LogP contribution in [0.5, 0.6) is 5.75 Å². The van der Waals surface area contributed by atoms with E-state index in [0.29, 0.717) is 5.02 Å². The molecule has 204 valence electrons. The maximum atomic E-state index is 9.67. The summed E-state index contributed by atoms with van der Waals surface area (Å²) >= 11 is 9.70. The van der Waals surface area contributed by atoms with Gasteiger partial charge >= 0.3 is 0 Å². The zero-order valence-electron chi connectivity index (χ0n) is 21.0. The van der Waals surface area contributed by atoms with Gasteiger partial charge in [0.1, 0.15) is 6.61 Å². The Bertz CT molecular complexity index is 1310. The molecule has 0 radical (unpaired) electrons. The van der Waals surface area contributed by atoms with Crippen molar-refractivity contribution in [2.24, 2.45) is 0 Å². The largest absolute Gasteiger partial charge is 0.439 e. The molecule has 1 aromatic heterocycles. The van der Waals surface area contributed by atoms with E-state index in [1.807, 2.05) is 43.5 Å². The Morgan fingerprint density at radius 1 is 1.13 bits per heavy atom. The number of hydrogen-bond donors (Lipinski definition) is 1. The van der Waals surface area contributed by atoms with Gasteiger partial charge in [0, 0.05) is 42.0 Å². The number of nitrogens with zero attached hydrogens (tertiary/aromatic N) is 2. The number of aryl methyl sites for hydroxylation is 1. The first-order valence-corrected chi connectivity index (χ1v) is 14.6. The van der Waals surface area contributed by atoms with E-state index in [9.17, 15) is 5.11 Å². The van der Waals surface area contributed by atoms with Crippen molar-refractivity contribution in [3.8, 4) is 5.75 Å². The molecule has 1 N–H and O–H groups in total. The lowest BCUT2D eigenvalue weighted by atomic mass is 10.1. The van der Waals surface area contributed by atoms with Gasteiger partial charge in [-0.25, -0.2) is 18.6 Å². The van der Waals surface area contributed by atoms with Crippen molar-refractivity contribution in [2.75, 3.05) is 23.4 Å². The maximum Gasteiger partial charge on any atom is 0.213 e. The Balaban J connectivity index is 0.000000732. The van der Waals surface area contributed by atoms with Crippen molar-refractivity contribution in [3.63, 3.8) is 0 Å². The van der Waals surface area contributed by atoms with Crippen molar-refractivity contribution in [3.05, 3.63) is 82.8 Å². The molecule has 2 heterocycles. The molecule has 1 atom stereocenters. The van der Waals surface area contributed by atoms with Crippen LogP contribution < -0.4 is 32.8 Å². The third-order valence-electron chi connectivity index (χ3n) is 5.87. The van der Waals surface area contributed by atoms with Gasteiger partial charge in [0.05, 0.1) is 11.1 Å². The van der Waals surface area contributed by atoms with Crippen molar-refractivity contribution < 1.29 is 43.3 Å². The number of benzene rings is 2. The predicted octanol–water partition coefficient (Wildman–Crippen LogP) is 1.82. The van der Waals surface area contributed by atoms with E-state index in [4.69, 9.17) is 35.0 Å². The maximum absolute atomic E-state index is 9.67. The zero-order chi connectivity index (χ0) is 27.9. The summed E-state index contributed by atoms with van der Waals surface area (Å²) in [6, 6.07) is 14.3. The number of hydrogen-bond acceptors (Lipinski definition) is 7. The van der Waals surface area contributed by atoms with Gasteiger partial charge in [0.15, 0.2) is 18.0 Å². The lowest BCUT2D eigenvalue weighted by Crippen LogP contribution is -2.68. The minimum absolute atomic E-state index is 0.0137. The number of rotatable bonds is 8. The van der Waals surface area contributed by atoms with E-state index in [-0.39, 0.29) is 12.6 Å². The normalized spacial score (nSPS) is 15.0. The van der Waals surface area contributed by atoms with Gasteiger partial charge in [0.2, 0.25) is 11.4 Å². The topological polar surface area (TPSA) is 129 Å². The highest BCUT2D eigenvalue weighted by molar-refractivity contribution is 9.09. The van der Waals surface area contributed by atoms with Crippen LogP contribution in [-0.4, -0.2) is 23.6 Å². The molecule has 2 aromatic carbocycles. The molecular weight excluding hydrogens is 599 g/mol. The second-order valence-electron chi connectivity index (χ2n) is 8.73. The molecule has 38 heavy (non-hydrogen) atoms. The average Bonchev–Trinajstić information content (AvgIpc) is 3.18. The molecule has 0 saturated heterocycles. The summed E-state index contributed by atoms with van der Waals surface area (Å²) in [6.07, 6.45) is 10.4. The minimum Gasteiger partial charge on any atom is -0.439 e. The highest BCUT2D eigenvalue weighted by atomic mass is 79.9. The molecule has 1 unspecified atom stereocenters. The first-order valence-electron chi connectivity index (χ1n) is 11.9. The molecule has 1 aliphatic heterocycles. The second-order valence-corrected chi connectivity index (χ2v) is 10.7. The van der Waals surface area contributed by atoms with Crippen LogP contribution in [0, 0.1) is 17.2 Å². The van der Waals surface area contributed by atoms with Crippen molar-refractivity contribution in [1.82, 2.24) is 0 Å². The smallest absolute Gasteiger partial charge is 0.213 e. The number of aliphatic hydroxyl groups is 1. The molecular formula is C27H29BrCl2N2O6. The third-order valence-corrected chi connectivity index (χ3v) is 6.67. The Labute approximate surface area is 237 Å². The predicted molar refractivity (Wildman–Crippen MR) is 140 cm³/mol. The second kappa shape index (κ2) is 13.7. The summed E-state index contributed by atoms with van der Waals surface area (Å²) < 4.78 is 42.2. The van der Waals surface area contributed by atoms with E-state index in [0.717, 1.165) is 58.5 Å². The Hall–Kier alpha value is -2.21. The number of allylic oxidation sites excluding steroid dienone is 2. The lowest BCUT2D eigenvalue weighted by molar-refractivity contribution is -2.00. The van der Waals surface area contributed by atoms with Crippen LogP contribution in [0.3, 0.4) is 0 Å². The molecule has 0 fully saturated rings. The van der Waals surface area contributed by atoms with Crippen molar-refractivity contribution >= 4 is 50.2 Å². The number of fused-ring (bicyclic) bond motifs is 2. The number of aliphatic hydroxyl groups excluding tert-OH is 1. The van der Waals surface area contributed by atoms with Gasteiger partial charge < -0.3 is 14.7 Å². The summed E-state index contributed by atoms with van der Waals surface area (Å²) in [5, 5.41) is 12.5. The Morgan fingerprint density at radius 2 is 1.87 bits per heavy atom. The summed E-state index contributed by atoms with van der Waals surface area (Å²) in [7, 11) is -4.94. The fraction of sp³-hybridized carbons (Fsp3) is 0.296. The number of unbranched alkanes of at least 4 members (excludes halogenated alkanes) is 1. The highest BCUT2D eigenvalue weighted by Crippen LogP contribution is 2.40. The standard InChI is InChI=1S/C27H29BrClN2O2.ClHO4/c1-19-8-10-23-21(12-15-30(20(2)18-32)25(23)16-19)6-5-7-27-31(14-4-3-13-28)24-11-9-22(29)17-26(24)33-27;2-1(3,4)5/h5-12,15-17,20,32H,3-4,13-14,18H2,1-2H3;(H,2,3,4,5)/q+1;/p-1. The molecule has 0 amide bonds. The number of ether oxygens (including phenoxy) is 1. The molecule has 1 aliphatic rings. The van der Waals surface area contributed by atoms with E-state index < -0.39 is 10.2 Å². The van der Waals surface area contributed by atoms with Crippen LogP contribution in [0.4, 0.5) is 5.69 Å². The van der Waals surface area contributed by atoms with Crippen LogP contribution in [0.15, 0.2) is 66.7 Å². The zero-order valence-corrected chi connectivity index (χ0v) is 24.1. The van der Waals surface area contributed by atoms with Gasteiger partial charge in [-0.15, -0.1) is 10.2 Å². The van der Waals surface area contributed by atoms with Gasteiger partial charge in [-0.1, -0.05) is 45.7 Å². The van der Waals surface area contributed by atoms with E-state index in [2.05, 4.69) is 62.7 Å². The molecule has 3 aromatic rings. The number of pyridine rings is 1. The molecule has 0 saturated carbocycles. The monoisotopic (exact) mass is 626 g/mol. The van der Waals surface area contributed by atoms with E-state index >= 15 is 0 Å². The first kappa shape index (κ1) is 30.3. The van der Waals surface area contributed by atoms with Crippen LogP contribution in [0.2, 0.25) is 5.02 Å². The molecule has 4 rings (SSSR count). The molecule has 0 spiro atoms. The molecule has 11 heteroatoms. The SMILES string of the molecule is Cc1ccc2c(/C=C/C=C3/Oc4cc(Cl)ccc4N3CCCCBr)cc[n+](C(C)CO)c2c1.[O-][Cl+3]([O-])([O-])[O-]. The van der Waals surface area contributed by atoms with Crippen LogP contribution in [-0.2, 0) is 0 Å². The molecule has 0 aliphatic carbocycles. The molecule has 8 nitrogen and oxygen atoms in total. The highest BCUT2D eigenvalue weighted by Gasteiger charge is 2.25. The minimum atomic E-state index is -4.94. The van der Waals surface area contributed by atoms with Crippen molar-refractivity contribution in [1.29, 1.82) is 0 Å². The number of aromatic nitrogens is 1. The average molecular weight is 628 g/mol. The Kier molecular flexibility index (Phi) is 11.0. The summed E-state index contributed by atoms with van der Waals surface area (Å²) in [5.74, 6) is 1.60. The number of halogens is 3. The van der Waals surface area contributed by atoms with Crippen LogP contribution >= 0.6 is 27.5 Å². The van der Waals surface area contributed by atoms with Gasteiger partial charge in [-0.3, -0.25) is 0 Å². The fourth-order valence-electron chi connectivity index (χ4n) is 4.08. The van der Waals surface area contributed by atoms with E-state index in [1.54, 1.807) is 0 Å². The summed E-state index contributed by atoms with van der Waals surface area (Å²) in [5.41, 5.74) is 4.47.